The molecule has 1 heterocycles. The van der Waals surface area contributed by atoms with Crippen LogP contribution < -0.4 is 0 Å². The molecule has 1 aliphatic carbocycles. The number of aromatic nitrogens is 1. The van der Waals surface area contributed by atoms with Gasteiger partial charge in [0.2, 0.25) is 0 Å². The lowest BCUT2D eigenvalue weighted by atomic mass is 10.0. The largest absolute Gasteiger partial charge is 0.358 e. The van der Waals surface area contributed by atoms with Crippen molar-refractivity contribution >= 4 is 10.9 Å². The summed E-state index contributed by atoms with van der Waals surface area (Å²) >= 11 is 0. The van der Waals surface area contributed by atoms with Crippen molar-refractivity contribution in [2.24, 2.45) is 0 Å². The van der Waals surface area contributed by atoms with Gasteiger partial charge >= 0.3 is 0 Å². The van der Waals surface area contributed by atoms with Crippen LogP contribution in [0.3, 0.4) is 0 Å². The molecule has 3 rings (SSSR count). The Morgan fingerprint density at radius 1 is 1.14 bits per heavy atom. The van der Waals surface area contributed by atoms with Crippen LogP contribution in [-0.4, -0.2) is 4.98 Å². The molecule has 0 aliphatic heterocycles. The number of aromatic amines is 1. The van der Waals surface area contributed by atoms with Gasteiger partial charge in [0.15, 0.2) is 0 Å². The molecule has 1 N–H and O–H groups in total. The summed E-state index contributed by atoms with van der Waals surface area (Å²) < 4.78 is 0. The fourth-order valence-corrected chi connectivity index (χ4v) is 2.63. The molecule has 1 aliphatic rings. The minimum atomic E-state index is 1.24. The predicted molar refractivity (Wildman–Crippen MR) is 59.8 cm³/mol. The maximum Gasteiger partial charge on any atom is 0.0461 e. The van der Waals surface area contributed by atoms with Crippen LogP contribution >= 0.6 is 0 Å². The van der Waals surface area contributed by atoms with Gasteiger partial charge in [-0.1, -0.05) is 6.07 Å². The Labute approximate surface area is 84.1 Å². The topological polar surface area (TPSA) is 15.8 Å². The average molecular weight is 185 g/mol. The van der Waals surface area contributed by atoms with Crippen LogP contribution in [-0.2, 0) is 12.8 Å². The minimum absolute atomic E-state index is 1.24. The zero-order chi connectivity index (χ0) is 9.71. The van der Waals surface area contributed by atoms with Gasteiger partial charge in [-0.3, -0.25) is 0 Å². The number of benzene rings is 1. The fourth-order valence-electron chi connectivity index (χ4n) is 2.63. The summed E-state index contributed by atoms with van der Waals surface area (Å²) in [6, 6.07) is 4.43. The van der Waals surface area contributed by atoms with Crippen molar-refractivity contribution in [1.29, 1.82) is 0 Å². The second kappa shape index (κ2) is 2.63. The molecule has 0 bridgehead atoms. The van der Waals surface area contributed by atoms with E-state index in [4.69, 9.17) is 0 Å². The maximum atomic E-state index is 3.54. The van der Waals surface area contributed by atoms with Crippen molar-refractivity contribution < 1.29 is 0 Å². The molecule has 1 heteroatoms. The quantitative estimate of drug-likeness (QED) is 0.648. The fraction of sp³-hybridized carbons (Fsp3) is 0.385. The molecule has 1 aromatic heterocycles. The lowest BCUT2D eigenvalue weighted by Crippen LogP contribution is -1.84. The summed E-state index contributed by atoms with van der Waals surface area (Å²) in [7, 11) is 0. The lowest BCUT2D eigenvalue weighted by Gasteiger charge is -2.03. The Morgan fingerprint density at radius 3 is 2.86 bits per heavy atom. The number of rotatable bonds is 0. The van der Waals surface area contributed by atoms with E-state index in [1.807, 2.05) is 0 Å². The minimum Gasteiger partial charge on any atom is -0.358 e. The van der Waals surface area contributed by atoms with E-state index in [0.29, 0.717) is 0 Å². The number of nitrogens with one attached hydrogen (secondary N) is 1. The van der Waals surface area contributed by atoms with E-state index in [1.165, 1.54) is 47.0 Å². The first-order valence-corrected chi connectivity index (χ1v) is 5.37. The highest BCUT2D eigenvalue weighted by Gasteiger charge is 2.18. The van der Waals surface area contributed by atoms with Gasteiger partial charge in [0.1, 0.15) is 0 Å². The SMILES string of the molecule is Cc1ccc2[nH]c3c(c2c1C)CCC3. The zero-order valence-corrected chi connectivity index (χ0v) is 8.78. The molecule has 0 saturated carbocycles. The zero-order valence-electron chi connectivity index (χ0n) is 8.78. The number of hydrogen-bond donors (Lipinski definition) is 1. The van der Waals surface area contributed by atoms with Crippen LogP contribution in [0.15, 0.2) is 12.1 Å². The third-order valence-corrected chi connectivity index (χ3v) is 3.54. The van der Waals surface area contributed by atoms with Crippen LogP contribution in [0.4, 0.5) is 0 Å². The lowest BCUT2D eigenvalue weighted by molar-refractivity contribution is 0.898. The Bertz CT molecular complexity index is 505. The number of aryl methyl sites for hydroxylation is 4. The van der Waals surface area contributed by atoms with Crippen molar-refractivity contribution in [1.82, 2.24) is 4.98 Å². The van der Waals surface area contributed by atoms with E-state index >= 15 is 0 Å². The van der Waals surface area contributed by atoms with E-state index in [1.54, 1.807) is 5.56 Å². The summed E-state index contributed by atoms with van der Waals surface area (Å²) in [5.74, 6) is 0. The monoisotopic (exact) mass is 185 g/mol. The van der Waals surface area contributed by atoms with Crippen LogP contribution in [0.2, 0.25) is 0 Å². The van der Waals surface area contributed by atoms with Gasteiger partial charge in [-0.05, 0) is 55.9 Å². The third-order valence-electron chi connectivity index (χ3n) is 3.54. The first-order chi connectivity index (χ1) is 6.77. The van der Waals surface area contributed by atoms with Crippen molar-refractivity contribution in [3.63, 3.8) is 0 Å². The maximum absolute atomic E-state index is 3.54. The van der Waals surface area contributed by atoms with Crippen LogP contribution in [0.25, 0.3) is 10.9 Å². The van der Waals surface area contributed by atoms with Crippen LogP contribution in [0.5, 0.6) is 0 Å². The van der Waals surface area contributed by atoms with Gasteiger partial charge in [-0.25, -0.2) is 0 Å². The highest BCUT2D eigenvalue weighted by Crippen LogP contribution is 2.32. The Balaban J connectivity index is 2.46. The average Bonchev–Trinajstić information content (AvgIpc) is 2.70. The first-order valence-electron chi connectivity index (χ1n) is 5.37. The first kappa shape index (κ1) is 8.10. The molecule has 14 heavy (non-hydrogen) atoms. The van der Waals surface area contributed by atoms with Crippen molar-refractivity contribution in [3.8, 4) is 0 Å². The van der Waals surface area contributed by atoms with Gasteiger partial charge in [0, 0.05) is 16.6 Å². The molecule has 0 saturated heterocycles. The highest BCUT2D eigenvalue weighted by molar-refractivity contribution is 5.89. The molecule has 1 aromatic carbocycles. The molecule has 0 atom stereocenters. The predicted octanol–water partition coefficient (Wildman–Crippen LogP) is 3.27. The smallest absolute Gasteiger partial charge is 0.0461 e. The van der Waals surface area contributed by atoms with Crippen molar-refractivity contribution in [2.45, 2.75) is 33.1 Å². The summed E-state index contributed by atoms with van der Waals surface area (Å²) in [6.07, 6.45) is 3.83. The molecule has 0 amide bonds. The van der Waals surface area contributed by atoms with Gasteiger partial charge in [0.25, 0.3) is 0 Å². The van der Waals surface area contributed by atoms with Crippen molar-refractivity contribution in [3.05, 3.63) is 34.5 Å². The molecule has 72 valence electrons. The normalized spacial score (nSPS) is 15.0. The Morgan fingerprint density at radius 2 is 2.00 bits per heavy atom. The Hall–Kier alpha value is -1.24. The number of fused-ring (bicyclic) bond motifs is 3. The van der Waals surface area contributed by atoms with E-state index < -0.39 is 0 Å². The highest BCUT2D eigenvalue weighted by atomic mass is 14.7. The Kier molecular flexibility index (Phi) is 1.52. The molecule has 0 fully saturated rings. The molecular formula is C13H15N. The van der Waals surface area contributed by atoms with E-state index in [9.17, 15) is 0 Å². The summed E-state index contributed by atoms with van der Waals surface area (Å²) in [4.78, 5) is 3.54. The van der Waals surface area contributed by atoms with Gasteiger partial charge in [-0.15, -0.1) is 0 Å². The molecule has 2 aromatic rings. The summed E-state index contributed by atoms with van der Waals surface area (Å²) in [5, 5.41) is 1.50. The molecule has 1 nitrogen and oxygen atoms in total. The number of H-pyrrole nitrogens is 1. The van der Waals surface area contributed by atoms with Gasteiger partial charge in [-0.2, -0.15) is 0 Å². The van der Waals surface area contributed by atoms with Crippen LogP contribution in [0, 0.1) is 13.8 Å². The van der Waals surface area contributed by atoms with E-state index in [2.05, 4.69) is 31.0 Å². The van der Waals surface area contributed by atoms with Crippen LogP contribution in [0.1, 0.15) is 28.8 Å². The van der Waals surface area contributed by atoms with E-state index in [-0.39, 0.29) is 0 Å². The molecular weight excluding hydrogens is 170 g/mol. The number of hydrogen-bond acceptors (Lipinski definition) is 0. The standard InChI is InChI=1S/C13H15N/c1-8-6-7-12-13(9(8)2)10-4-3-5-11(10)14-12/h6-7,14H,3-5H2,1-2H3. The third kappa shape index (κ3) is 0.899. The molecule has 0 spiro atoms. The second-order valence-electron chi connectivity index (χ2n) is 4.37. The summed E-state index contributed by atoms with van der Waals surface area (Å²) in [6.45, 7) is 4.44. The molecule has 0 unspecified atom stereocenters. The van der Waals surface area contributed by atoms with E-state index in [0.717, 1.165) is 0 Å². The van der Waals surface area contributed by atoms with Gasteiger partial charge < -0.3 is 4.98 Å². The summed E-state index contributed by atoms with van der Waals surface area (Å²) in [5.41, 5.74) is 7.26. The van der Waals surface area contributed by atoms with Crippen molar-refractivity contribution in [2.75, 3.05) is 0 Å². The molecule has 0 radical (unpaired) electrons. The second-order valence-corrected chi connectivity index (χ2v) is 4.37. The van der Waals surface area contributed by atoms with Gasteiger partial charge in [0.05, 0.1) is 0 Å².